The Bertz CT molecular complexity index is 667. The van der Waals surface area contributed by atoms with Gasteiger partial charge in [0.05, 0.1) is 22.3 Å². The summed E-state index contributed by atoms with van der Waals surface area (Å²) in [5, 5.41) is 8.16. The van der Waals surface area contributed by atoms with Crippen LogP contribution in [0.15, 0.2) is 24.4 Å². The lowest BCUT2D eigenvalue weighted by molar-refractivity contribution is 0.0940. The quantitative estimate of drug-likeness (QED) is 0.923. The van der Waals surface area contributed by atoms with E-state index in [9.17, 15) is 4.79 Å². The number of aryl methyl sites for hydroxylation is 2. The van der Waals surface area contributed by atoms with Gasteiger partial charge in [0, 0.05) is 23.3 Å². The third-order valence-electron chi connectivity index (χ3n) is 3.30. The van der Waals surface area contributed by atoms with Crippen LogP contribution in [-0.2, 0) is 6.54 Å². The van der Waals surface area contributed by atoms with E-state index in [1.165, 1.54) is 0 Å². The number of carbonyl (C=O) groups excluding carboxylic acids is 1. The van der Waals surface area contributed by atoms with E-state index < -0.39 is 0 Å². The van der Waals surface area contributed by atoms with Crippen molar-refractivity contribution in [3.8, 4) is 0 Å². The number of nitrogens with one attached hydrogen (secondary N) is 1. The van der Waals surface area contributed by atoms with E-state index in [4.69, 9.17) is 23.2 Å². The van der Waals surface area contributed by atoms with Gasteiger partial charge in [0.2, 0.25) is 0 Å². The number of aromatic nitrogens is 2. The van der Waals surface area contributed by atoms with Crippen LogP contribution in [0.3, 0.4) is 0 Å². The summed E-state index contributed by atoms with van der Waals surface area (Å²) >= 11 is 11.9. The summed E-state index contributed by atoms with van der Waals surface area (Å²) in [7, 11) is 0. The number of hydrogen-bond donors (Lipinski definition) is 1. The molecule has 0 aliphatic rings. The predicted octanol–water partition coefficient (Wildman–Crippen LogP) is 4.01. The summed E-state index contributed by atoms with van der Waals surface area (Å²) < 4.78 is 1.85. The van der Waals surface area contributed by atoms with Crippen LogP contribution >= 0.6 is 23.2 Å². The molecule has 0 saturated heterocycles. The summed E-state index contributed by atoms with van der Waals surface area (Å²) in [6.45, 7) is 6.67. The standard InChI is InChI=1S/C15H17Cl2N3O/c1-4-20-8-13(10(3)19-20)9(2)18-15(21)12-6-5-11(16)7-14(12)17/h5-9H,4H2,1-3H3,(H,18,21)/t9-/m1/s1. The molecule has 0 fully saturated rings. The van der Waals surface area contributed by atoms with Crippen LogP contribution in [0.5, 0.6) is 0 Å². The Morgan fingerprint density at radius 2 is 2.14 bits per heavy atom. The van der Waals surface area contributed by atoms with Crippen molar-refractivity contribution in [2.24, 2.45) is 0 Å². The number of amides is 1. The van der Waals surface area contributed by atoms with E-state index in [2.05, 4.69) is 10.4 Å². The number of carbonyl (C=O) groups is 1. The van der Waals surface area contributed by atoms with Crippen LogP contribution in [0.25, 0.3) is 0 Å². The van der Waals surface area contributed by atoms with Crippen LogP contribution in [0, 0.1) is 6.92 Å². The van der Waals surface area contributed by atoms with Gasteiger partial charge in [0.1, 0.15) is 0 Å². The zero-order chi connectivity index (χ0) is 15.6. The van der Waals surface area contributed by atoms with Gasteiger partial charge < -0.3 is 5.32 Å². The minimum Gasteiger partial charge on any atom is -0.345 e. The molecule has 1 heterocycles. The number of halogens is 2. The molecule has 112 valence electrons. The third-order valence-corrected chi connectivity index (χ3v) is 3.85. The molecule has 1 aromatic carbocycles. The highest BCUT2D eigenvalue weighted by atomic mass is 35.5. The molecule has 0 saturated carbocycles. The summed E-state index contributed by atoms with van der Waals surface area (Å²) in [6, 6.07) is 4.68. The summed E-state index contributed by atoms with van der Waals surface area (Å²) in [4.78, 5) is 12.3. The normalized spacial score (nSPS) is 12.2. The molecule has 0 aliphatic carbocycles. The Balaban J connectivity index is 2.16. The van der Waals surface area contributed by atoms with Crippen molar-refractivity contribution >= 4 is 29.1 Å². The van der Waals surface area contributed by atoms with Crippen molar-refractivity contribution < 1.29 is 4.79 Å². The lowest BCUT2D eigenvalue weighted by Gasteiger charge is -2.14. The monoisotopic (exact) mass is 325 g/mol. The maximum absolute atomic E-state index is 12.3. The topological polar surface area (TPSA) is 46.9 Å². The molecule has 1 aromatic heterocycles. The second-order valence-corrected chi connectivity index (χ2v) is 5.69. The fraction of sp³-hybridized carbons (Fsp3) is 0.333. The molecule has 0 spiro atoms. The first-order valence-electron chi connectivity index (χ1n) is 6.72. The Kier molecular flexibility index (Phi) is 4.91. The van der Waals surface area contributed by atoms with Crippen molar-refractivity contribution in [1.82, 2.24) is 15.1 Å². The SMILES string of the molecule is CCn1cc([C@@H](C)NC(=O)c2ccc(Cl)cc2Cl)c(C)n1. The second-order valence-electron chi connectivity index (χ2n) is 4.84. The van der Waals surface area contributed by atoms with Gasteiger partial charge in [0.15, 0.2) is 0 Å². The molecule has 1 N–H and O–H groups in total. The van der Waals surface area contributed by atoms with Gasteiger partial charge in [-0.1, -0.05) is 23.2 Å². The molecule has 1 amide bonds. The Morgan fingerprint density at radius 3 is 2.71 bits per heavy atom. The van der Waals surface area contributed by atoms with Gasteiger partial charge in [-0.3, -0.25) is 9.48 Å². The first-order chi connectivity index (χ1) is 9.92. The average Bonchev–Trinajstić information content (AvgIpc) is 2.79. The summed E-state index contributed by atoms with van der Waals surface area (Å²) in [6.07, 6.45) is 1.95. The summed E-state index contributed by atoms with van der Waals surface area (Å²) in [5.74, 6) is -0.229. The van der Waals surface area contributed by atoms with Crippen molar-refractivity contribution in [3.05, 3.63) is 51.3 Å². The minimum absolute atomic E-state index is 0.149. The zero-order valence-corrected chi connectivity index (χ0v) is 13.7. The van der Waals surface area contributed by atoms with Gasteiger partial charge in [-0.25, -0.2) is 0 Å². The van der Waals surface area contributed by atoms with Crippen LogP contribution in [-0.4, -0.2) is 15.7 Å². The molecule has 0 bridgehead atoms. The van der Waals surface area contributed by atoms with E-state index in [0.717, 1.165) is 17.8 Å². The number of nitrogens with zero attached hydrogens (tertiary/aromatic N) is 2. The molecule has 4 nitrogen and oxygen atoms in total. The first kappa shape index (κ1) is 15.9. The molecule has 2 rings (SSSR count). The highest BCUT2D eigenvalue weighted by Crippen LogP contribution is 2.22. The Hall–Kier alpha value is -1.52. The predicted molar refractivity (Wildman–Crippen MR) is 85.0 cm³/mol. The van der Waals surface area contributed by atoms with Crippen LogP contribution in [0.1, 0.15) is 41.5 Å². The molecule has 1 atom stereocenters. The van der Waals surface area contributed by atoms with E-state index in [0.29, 0.717) is 15.6 Å². The lowest BCUT2D eigenvalue weighted by Crippen LogP contribution is -2.27. The Labute approximate surface area is 134 Å². The third kappa shape index (κ3) is 3.57. The Morgan fingerprint density at radius 1 is 1.43 bits per heavy atom. The number of hydrogen-bond acceptors (Lipinski definition) is 2. The van der Waals surface area contributed by atoms with Gasteiger partial charge >= 0.3 is 0 Å². The van der Waals surface area contributed by atoms with Gasteiger partial charge in [-0.05, 0) is 39.0 Å². The van der Waals surface area contributed by atoms with Crippen molar-refractivity contribution in [2.45, 2.75) is 33.4 Å². The van der Waals surface area contributed by atoms with Crippen molar-refractivity contribution in [1.29, 1.82) is 0 Å². The molecule has 21 heavy (non-hydrogen) atoms. The van der Waals surface area contributed by atoms with E-state index in [-0.39, 0.29) is 11.9 Å². The fourth-order valence-corrected chi connectivity index (χ4v) is 2.64. The zero-order valence-electron chi connectivity index (χ0n) is 12.2. The van der Waals surface area contributed by atoms with E-state index in [1.54, 1.807) is 18.2 Å². The smallest absolute Gasteiger partial charge is 0.253 e. The minimum atomic E-state index is -0.229. The van der Waals surface area contributed by atoms with Gasteiger partial charge in [-0.2, -0.15) is 5.10 Å². The lowest BCUT2D eigenvalue weighted by atomic mass is 10.1. The first-order valence-corrected chi connectivity index (χ1v) is 7.47. The van der Waals surface area contributed by atoms with Gasteiger partial charge in [0.25, 0.3) is 5.91 Å². The fourth-order valence-electron chi connectivity index (χ4n) is 2.15. The maximum Gasteiger partial charge on any atom is 0.253 e. The van der Waals surface area contributed by atoms with Crippen molar-refractivity contribution in [2.75, 3.05) is 0 Å². The van der Waals surface area contributed by atoms with Crippen LogP contribution in [0.2, 0.25) is 10.0 Å². The average molecular weight is 326 g/mol. The molecular weight excluding hydrogens is 309 g/mol. The highest BCUT2D eigenvalue weighted by molar-refractivity contribution is 6.36. The molecule has 0 aliphatic heterocycles. The molecular formula is C15H17Cl2N3O. The van der Waals surface area contributed by atoms with Gasteiger partial charge in [-0.15, -0.1) is 0 Å². The second kappa shape index (κ2) is 6.50. The van der Waals surface area contributed by atoms with E-state index in [1.807, 2.05) is 31.6 Å². The largest absolute Gasteiger partial charge is 0.345 e. The molecule has 0 unspecified atom stereocenters. The van der Waals surface area contributed by atoms with Crippen LogP contribution < -0.4 is 5.32 Å². The molecule has 0 radical (unpaired) electrons. The van der Waals surface area contributed by atoms with E-state index >= 15 is 0 Å². The summed E-state index contributed by atoms with van der Waals surface area (Å²) in [5.41, 5.74) is 2.32. The van der Waals surface area contributed by atoms with Crippen molar-refractivity contribution in [3.63, 3.8) is 0 Å². The number of rotatable bonds is 4. The maximum atomic E-state index is 12.3. The van der Waals surface area contributed by atoms with Crippen LogP contribution in [0.4, 0.5) is 0 Å². The molecule has 2 aromatic rings. The highest BCUT2D eigenvalue weighted by Gasteiger charge is 2.17. The molecule has 6 heteroatoms. The number of benzene rings is 1.